The molecule has 0 amide bonds. The van der Waals surface area contributed by atoms with Gasteiger partial charge in [-0.2, -0.15) is 5.26 Å². The van der Waals surface area contributed by atoms with Gasteiger partial charge in [0.2, 0.25) is 0 Å². The van der Waals surface area contributed by atoms with Crippen LogP contribution in [0.4, 0.5) is 4.39 Å². The smallest absolute Gasteiger partial charge is 0.164 e. The minimum atomic E-state index is -0.433. The summed E-state index contributed by atoms with van der Waals surface area (Å²) >= 11 is 0. The van der Waals surface area contributed by atoms with Gasteiger partial charge in [-0.05, 0) is 37.1 Å². The Hall–Kier alpha value is -2.41. The van der Waals surface area contributed by atoms with Crippen LogP contribution < -0.4 is 0 Å². The van der Waals surface area contributed by atoms with Crippen molar-refractivity contribution in [1.82, 2.24) is 4.57 Å². The lowest BCUT2D eigenvalue weighted by molar-refractivity contribution is 0.0972. The molecule has 94 valence electrons. The molecule has 1 heterocycles. The summed E-state index contributed by atoms with van der Waals surface area (Å²) in [7, 11) is 0. The molecule has 0 saturated carbocycles. The Bertz CT molecular complexity index is 709. The number of ketones is 1. The molecule has 0 spiro atoms. The maximum absolute atomic E-state index is 13.2. The van der Waals surface area contributed by atoms with E-state index in [4.69, 9.17) is 5.26 Å². The summed E-state index contributed by atoms with van der Waals surface area (Å²) in [5.74, 6) is -0.294. The quantitative estimate of drug-likeness (QED) is 0.785. The lowest BCUT2D eigenvalue weighted by atomic mass is 9.96. The highest BCUT2D eigenvalue weighted by Gasteiger charge is 2.22. The highest BCUT2D eigenvalue weighted by Crippen LogP contribution is 2.26. The molecule has 1 aromatic heterocycles. The van der Waals surface area contributed by atoms with Crippen molar-refractivity contribution in [2.75, 3.05) is 0 Å². The summed E-state index contributed by atoms with van der Waals surface area (Å²) < 4.78 is 15.0. The van der Waals surface area contributed by atoms with Crippen LogP contribution in [0.5, 0.6) is 0 Å². The third kappa shape index (κ3) is 1.84. The Labute approximate surface area is 109 Å². The molecule has 0 fully saturated rings. The van der Waals surface area contributed by atoms with Crippen molar-refractivity contribution in [1.29, 1.82) is 5.26 Å². The first-order valence-electron chi connectivity index (χ1n) is 6.14. The summed E-state index contributed by atoms with van der Waals surface area (Å²) in [5.41, 5.74) is 2.54. The van der Waals surface area contributed by atoms with E-state index in [9.17, 15) is 9.18 Å². The largest absolute Gasteiger partial charge is 0.319 e. The average Bonchev–Trinajstić information content (AvgIpc) is 2.84. The Morgan fingerprint density at radius 2 is 2.11 bits per heavy atom. The molecule has 1 aromatic carbocycles. The number of carbonyl (C=O) groups is 1. The van der Waals surface area contributed by atoms with Crippen LogP contribution in [0, 0.1) is 17.1 Å². The number of aromatic nitrogens is 1. The van der Waals surface area contributed by atoms with E-state index in [1.54, 1.807) is 18.3 Å². The van der Waals surface area contributed by atoms with Crippen LogP contribution in [0.25, 0.3) is 5.69 Å². The van der Waals surface area contributed by atoms with Gasteiger partial charge in [0, 0.05) is 23.9 Å². The number of hydrogen-bond donors (Lipinski definition) is 0. The number of rotatable bonds is 1. The fourth-order valence-electron chi connectivity index (χ4n) is 2.56. The van der Waals surface area contributed by atoms with Gasteiger partial charge in [-0.1, -0.05) is 0 Å². The van der Waals surface area contributed by atoms with Crippen molar-refractivity contribution >= 4 is 5.78 Å². The minimum absolute atomic E-state index is 0.139. The number of halogens is 1. The molecule has 2 aromatic rings. The van der Waals surface area contributed by atoms with Crippen LogP contribution in [0.1, 0.15) is 34.5 Å². The number of fused-ring (bicyclic) bond motifs is 1. The molecular weight excluding hydrogens is 243 g/mol. The summed E-state index contributed by atoms with van der Waals surface area (Å²) in [6.45, 7) is 0. The summed E-state index contributed by atoms with van der Waals surface area (Å²) in [6.07, 6.45) is 3.97. The Kier molecular flexibility index (Phi) is 2.68. The van der Waals surface area contributed by atoms with Crippen LogP contribution in [0.2, 0.25) is 0 Å². The van der Waals surface area contributed by atoms with Gasteiger partial charge in [0.05, 0.1) is 11.3 Å². The van der Waals surface area contributed by atoms with Crippen molar-refractivity contribution in [2.45, 2.75) is 19.3 Å². The third-order valence-electron chi connectivity index (χ3n) is 3.45. The highest BCUT2D eigenvalue weighted by molar-refractivity contribution is 5.98. The molecule has 3 nitrogen and oxygen atoms in total. The average molecular weight is 254 g/mol. The van der Waals surface area contributed by atoms with Gasteiger partial charge in [-0.25, -0.2) is 4.39 Å². The van der Waals surface area contributed by atoms with Crippen LogP contribution in [-0.2, 0) is 6.42 Å². The maximum Gasteiger partial charge on any atom is 0.164 e. The number of nitrogens with zero attached hydrogens (tertiary/aromatic N) is 2. The topological polar surface area (TPSA) is 45.8 Å². The molecule has 0 atom stereocenters. The van der Waals surface area contributed by atoms with Crippen molar-refractivity contribution in [3.63, 3.8) is 0 Å². The van der Waals surface area contributed by atoms with Crippen molar-refractivity contribution in [2.24, 2.45) is 0 Å². The second-order valence-corrected chi connectivity index (χ2v) is 4.60. The lowest BCUT2D eigenvalue weighted by Gasteiger charge is -2.15. The van der Waals surface area contributed by atoms with Gasteiger partial charge in [0.1, 0.15) is 11.9 Å². The lowest BCUT2D eigenvalue weighted by Crippen LogP contribution is -2.12. The van der Waals surface area contributed by atoms with E-state index in [-0.39, 0.29) is 11.3 Å². The molecule has 0 saturated heterocycles. The summed E-state index contributed by atoms with van der Waals surface area (Å²) in [4.78, 5) is 11.8. The Balaban J connectivity index is 2.19. The van der Waals surface area contributed by atoms with Crippen molar-refractivity contribution in [3.8, 4) is 11.8 Å². The fraction of sp³-hybridized carbons (Fsp3) is 0.200. The second kappa shape index (κ2) is 4.36. The molecule has 0 aliphatic heterocycles. The summed E-state index contributed by atoms with van der Waals surface area (Å²) in [6, 6.07) is 7.89. The monoisotopic (exact) mass is 254 g/mol. The van der Waals surface area contributed by atoms with Crippen LogP contribution in [0.3, 0.4) is 0 Å². The number of carbonyl (C=O) groups excluding carboxylic acids is 1. The van der Waals surface area contributed by atoms with Crippen LogP contribution in [0.15, 0.2) is 30.5 Å². The van der Waals surface area contributed by atoms with Crippen LogP contribution >= 0.6 is 0 Å². The van der Waals surface area contributed by atoms with Gasteiger partial charge >= 0.3 is 0 Å². The Morgan fingerprint density at radius 1 is 1.26 bits per heavy atom. The van der Waals surface area contributed by atoms with E-state index in [0.29, 0.717) is 12.1 Å². The molecule has 19 heavy (non-hydrogen) atoms. The van der Waals surface area contributed by atoms with E-state index < -0.39 is 5.82 Å². The normalized spacial score (nSPS) is 14.0. The fourth-order valence-corrected chi connectivity index (χ4v) is 2.56. The Morgan fingerprint density at radius 3 is 2.89 bits per heavy atom. The molecule has 0 N–H and O–H groups in total. The van der Waals surface area contributed by atoms with Crippen molar-refractivity contribution < 1.29 is 9.18 Å². The molecule has 1 aliphatic rings. The van der Waals surface area contributed by atoms with Gasteiger partial charge in [0.15, 0.2) is 5.78 Å². The molecular formula is C15H11FN2O. The van der Waals surface area contributed by atoms with Gasteiger partial charge in [-0.15, -0.1) is 0 Å². The van der Waals surface area contributed by atoms with E-state index in [0.717, 1.165) is 24.1 Å². The van der Waals surface area contributed by atoms with Crippen molar-refractivity contribution in [3.05, 3.63) is 53.1 Å². The first-order valence-corrected chi connectivity index (χ1v) is 6.14. The van der Waals surface area contributed by atoms with E-state index in [1.165, 1.54) is 12.1 Å². The SMILES string of the molecule is N#Cc1cc(F)ccc1-n1ccc2c1CCCC2=O. The van der Waals surface area contributed by atoms with E-state index in [2.05, 4.69) is 0 Å². The van der Waals surface area contributed by atoms with E-state index in [1.807, 2.05) is 10.6 Å². The third-order valence-corrected chi connectivity index (χ3v) is 3.45. The number of nitriles is 1. The van der Waals surface area contributed by atoms with Gasteiger partial charge in [-0.3, -0.25) is 4.79 Å². The number of Topliss-reactive ketones (excluding diaryl/α,β-unsaturated/α-hetero) is 1. The first kappa shape index (κ1) is 11.7. The number of benzene rings is 1. The van der Waals surface area contributed by atoms with Gasteiger partial charge < -0.3 is 4.57 Å². The maximum atomic E-state index is 13.2. The second-order valence-electron chi connectivity index (χ2n) is 4.60. The molecule has 0 radical (unpaired) electrons. The van der Waals surface area contributed by atoms with E-state index >= 15 is 0 Å². The predicted molar refractivity (Wildman–Crippen MR) is 67.7 cm³/mol. The summed E-state index contributed by atoms with van der Waals surface area (Å²) in [5, 5.41) is 9.10. The molecule has 1 aliphatic carbocycles. The zero-order valence-corrected chi connectivity index (χ0v) is 10.2. The molecule has 3 rings (SSSR count). The highest BCUT2D eigenvalue weighted by atomic mass is 19.1. The number of hydrogen-bond acceptors (Lipinski definition) is 2. The minimum Gasteiger partial charge on any atom is -0.319 e. The predicted octanol–water partition coefficient (Wildman–Crippen LogP) is 3.01. The zero-order chi connectivity index (χ0) is 13.4. The van der Waals surface area contributed by atoms with Gasteiger partial charge in [0.25, 0.3) is 0 Å². The standard InChI is InChI=1S/C15H11FN2O/c16-11-4-5-13(10(8-11)9-17)18-7-6-12-14(18)2-1-3-15(12)19/h4-8H,1-3H2. The zero-order valence-electron chi connectivity index (χ0n) is 10.2. The van der Waals surface area contributed by atoms with Crippen LogP contribution in [-0.4, -0.2) is 10.4 Å². The first-order chi connectivity index (χ1) is 9.20. The molecule has 4 heteroatoms. The molecule has 0 bridgehead atoms. The molecule has 0 unspecified atom stereocenters.